The van der Waals surface area contributed by atoms with Crippen molar-refractivity contribution in [2.24, 2.45) is 10.7 Å². The molecule has 4 rings (SSSR count). The smallest absolute Gasteiger partial charge is 0.228 e. The van der Waals surface area contributed by atoms with Gasteiger partial charge in [0.25, 0.3) is 0 Å². The molecule has 3 N–H and O–H groups in total. The van der Waals surface area contributed by atoms with Crippen molar-refractivity contribution < 1.29 is 4.79 Å². The van der Waals surface area contributed by atoms with E-state index in [0.29, 0.717) is 18.9 Å². The van der Waals surface area contributed by atoms with Gasteiger partial charge < -0.3 is 16.0 Å². The number of aliphatic imine (C=N–C) groups is 1. The van der Waals surface area contributed by atoms with Gasteiger partial charge in [0.2, 0.25) is 5.91 Å². The maximum atomic E-state index is 11.6. The van der Waals surface area contributed by atoms with E-state index < -0.39 is 0 Å². The van der Waals surface area contributed by atoms with Gasteiger partial charge in [0.05, 0.1) is 6.54 Å². The number of fused-ring (bicyclic) bond motifs is 1. The highest BCUT2D eigenvalue weighted by atomic mass is 127. The number of nitrogens with zero attached hydrogens (tertiary/aromatic N) is 2. The zero-order valence-corrected chi connectivity index (χ0v) is 17.6. The van der Waals surface area contributed by atoms with E-state index in [1.54, 1.807) is 4.90 Å². The van der Waals surface area contributed by atoms with Crippen molar-refractivity contribution in [1.29, 1.82) is 0 Å². The second-order valence-electron chi connectivity index (χ2n) is 6.94. The number of halogens is 1. The van der Waals surface area contributed by atoms with E-state index in [2.05, 4.69) is 28.5 Å². The van der Waals surface area contributed by atoms with Gasteiger partial charge in [0.1, 0.15) is 0 Å². The second-order valence-corrected chi connectivity index (χ2v) is 6.94. The molecule has 2 aliphatic rings. The van der Waals surface area contributed by atoms with Crippen molar-refractivity contribution in [3.8, 4) is 0 Å². The number of hydrogen-bond donors (Lipinski definition) is 2. The number of amides is 1. The molecule has 1 saturated heterocycles. The normalized spacial score (nSPS) is 16.2. The Morgan fingerprint density at radius 2 is 1.93 bits per heavy atom. The standard InChI is InChI=1S/C21H24N4O.HI/c22-21(24-19-10-4-7-16-6-1-2-9-18(16)19)23-14-15-5-3-8-17(13-15)25-12-11-20(25)26;/h3-5,7-8,10,13H,1-2,6,9,11-12,14H2,(H3,22,23,24);1H. The number of carbonyl (C=O) groups excluding carboxylic acids is 1. The maximum absolute atomic E-state index is 11.6. The molecule has 0 radical (unpaired) electrons. The van der Waals surface area contributed by atoms with Crippen molar-refractivity contribution >= 4 is 47.2 Å². The van der Waals surface area contributed by atoms with E-state index in [1.165, 1.54) is 24.0 Å². The molecule has 1 heterocycles. The lowest BCUT2D eigenvalue weighted by molar-refractivity contribution is -0.122. The Bertz CT molecular complexity index is 865. The summed E-state index contributed by atoms with van der Waals surface area (Å²) in [6, 6.07) is 14.3. The Hall–Kier alpha value is -2.09. The fraction of sp³-hybridized carbons (Fsp3) is 0.333. The monoisotopic (exact) mass is 476 g/mol. The number of nitrogens with two attached hydrogens (primary N) is 1. The highest BCUT2D eigenvalue weighted by Gasteiger charge is 2.25. The lowest BCUT2D eigenvalue weighted by Crippen LogP contribution is -2.43. The molecule has 0 atom stereocenters. The first-order chi connectivity index (χ1) is 12.7. The number of carbonyl (C=O) groups is 1. The summed E-state index contributed by atoms with van der Waals surface area (Å²) in [4.78, 5) is 17.9. The highest BCUT2D eigenvalue weighted by Crippen LogP contribution is 2.28. The minimum atomic E-state index is 0. The molecule has 1 fully saturated rings. The van der Waals surface area contributed by atoms with Crippen LogP contribution in [0.5, 0.6) is 0 Å². The number of benzene rings is 2. The molecule has 1 amide bonds. The summed E-state index contributed by atoms with van der Waals surface area (Å²) in [6.07, 6.45) is 5.36. The topological polar surface area (TPSA) is 70.7 Å². The average Bonchev–Trinajstić information content (AvgIpc) is 2.66. The van der Waals surface area contributed by atoms with E-state index in [0.717, 1.165) is 36.3 Å². The summed E-state index contributed by atoms with van der Waals surface area (Å²) in [5.74, 6) is 0.607. The predicted octanol–water partition coefficient (Wildman–Crippen LogP) is 3.85. The summed E-state index contributed by atoms with van der Waals surface area (Å²) in [6.45, 7) is 1.29. The van der Waals surface area contributed by atoms with Crippen LogP contribution < -0.4 is 16.0 Å². The largest absolute Gasteiger partial charge is 0.370 e. The third-order valence-electron chi connectivity index (χ3n) is 5.16. The Balaban J connectivity index is 0.00000210. The molecule has 2 aromatic carbocycles. The van der Waals surface area contributed by atoms with Gasteiger partial charge in [-0.05, 0) is 60.6 Å². The van der Waals surface area contributed by atoms with Crippen LogP contribution in [0.1, 0.15) is 36.0 Å². The number of nitrogens with one attached hydrogen (secondary N) is 1. The Morgan fingerprint density at radius 3 is 2.70 bits per heavy atom. The van der Waals surface area contributed by atoms with Crippen molar-refractivity contribution in [2.45, 2.75) is 38.6 Å². The van der Waals surface area contributed by atoms with E-state index >= 15 is 0 Å². The van der Waals surface area contributed by atoms with Crippen LogP contribution in [0.15, 0.2) is 47.5 Å². The number of guanidine groups is 1. The van der Waals surface area contributed by atoms with Crippen LogP contribution in [0.25, 0.3) is 0 Å². The van der Waals surface area contributed by atoms with Crippen LogP contribution in [0.2, 0.25) is 0 Å². The van der Waals surface area contributed by atoms with E-state index in [1.807, 2.05) is 24.3 Å². The van der Waals surface area contributed by atoms with Gasteiger partial charge in [-0.3, -0.25) is 4.79 Å². The van der Waals surface area contributed by atoms with Crippen molar-refractivity contribution in [2.75, 3.05) is 16.8 Å². The van der Waals surface area contributed by atoms with Crippen LogP contribution in [0, 0.1) is 0 Å². The van der Waals surface area contributed by atoms with Gasteiger partial charge in [-0.1, -0.05) is 24.3 Å². The van der Waals surface area contributed by atoms with Crippen molar-refractivity contribution in [1.82, 2.24) is 0 Å². The minimum absolute atomic E-state index is 0. The van der Waals surface area contributed by atoms with Gasteiger partial charge in [-0.25, -0.2) is 4.99 Å². The van der Waals surface area contributed by atoms with Crippen LogP contribution >= 0.6 is 24.0 Å². The molecule has 142 valence electrons. The number of β-lactam (4-membered cyclic amide) rings is 1. The number of rotatable bonds is 4. The SMILES string of the molecule is I.NC(=NCc1cccc(N2CCC2=O)c1)Nc1cccc2c1CCCC2. The summed E-state index contributed by atoms with van der Waals surface area (Å²) < 4.78 is 0. The van der Waals surface area contributed by atoms with Crippen molar-refractivity contribution in [3.05, 3.63) is 59.2 Å². The first kappa shape index (κ1) is 19.7. The molecule has 6 heteroatoms. The first-order valence-electron chi connectivity index (χ1n) is 9.28. The Morgan fingerprint density at radius 1 is 1.11 bits per heavy atom. The Kier molecular flexibility index (Phi) is 6.36. The van der Waals surface area contributed by atoms with E-state index in [9.17, 15) is 4.79 Å². The fourth-order valence-corrected chi connectivity index (χ4v) is 3.66. The lowest BCUT2D eigenvalue weighted by atomic mass is 9.90. The zero-order chi connectivity index (χ0) is 17.9. The second kappa shape index (κ2) is 8.73. The summed E-state index contributed by atoms with van der Waals surface area (Å²) in [5.41, 5.74) is 12.0. The third kappa shape index (κ3) is 4.43. The van der Waals surface area contributed by atoms with E-state index in [-0.39, 0.29) is 29.9 Å². The summed E-state index contributed by atoms with van der Waals surface area (Å²) in [7, 11) is 0. The first-order valence-corrected chi connectivity index (χ1v) is 9.28. The fourth-order valence-electron chi connectivity index (χ4n) is 3.66. The molecule has 2 aromatic rings. The average molecular weight is 476 g/mol. The quantitative estimate of drug-likeness (QED) is 0.305. The maximum Gasteiger partial charge on any atom is 0.228 e. The molecule has 0 aromatic heterocycles. The van der Waals surface area contributed by atoms with Crippen LogP contribution in [0.3, 0.4) is 0 Å². The van der Waals surface area contributed by atoms with Crippen molar-refractivity contribution in [3.63, 3.8) is 0 Å². The van der Waals surface area contributed by atoms with Gasteiger partial charge in [0, 0.05) is 24.3 Å². The van der Waals surface area contributed by atoms with Gasteiger partial charge in [-0.2, -0.15) is 0 Å². The molecule has 1 aliphatic heterocycles. The number of anilines is 2. The highest BCUT2D eigenvalue weighted by molar-refractivity contribution is 14.0. The third-order valence-corrected chi connectivity index (χ3v) is 5.16. The minimum Gasteiger partial charge on any atom is -0.370 e. The van der Waals surface area contributed by atoms with Gasteiger partial charge in [0.15, 0.2) is 5.96 Å². The zero-order valence-electron chi connectivity index (χ0n) is 15.3. The Labute approximate surface area is 177 Å². The molecule has 0 spiro atoms. The number of aryl methyl sites for hydroxylation is 1. The van der Waals surface area contributed by atoms with Crippen LogP contribution in [-0.2, 0) is 24.2 Å². The predicted molar refractivity (Wildman–Crippen MR) is 121 cm³/mol. The number of hydrogen-bond acceptors (Lipinski definition) is 2. The molecule has 5 nitrogen and oxygen atoms in total. The molecule has 0 saturated carbocycles. The molecular weight excluding hydrogens is 451 g/mol. The summed E-state index contributed by atoms with van der Waals surface area (Å²) in [5, 5.41) is 3.27. The lowest BCUT2D eigenvalue weighted by Gasteiger charge is -2.30. The molecule has 1 aliphatic carbocycles. The van der Waals surface area contributed by atoms with Crippen LogP contribution in [-0.4, -0.2) is 18.4 Å². The van der Waals surface area contributed by atoms with Gasteiger partial charge >= 0.3 is 0 Å². The van der Waals surface area contributed by atoms with Crippen LogP contribution in [0.4, 0.5) is 11.4 Å². The molecular formula is C21H25IN4O. The molecule has 0 bridgehead atoms. The molecule has 27 heavy (non-hydrogen) atoms. The van der Waals surface area contributed by atoms with E-state index in [4.69, 9.17) is 5.73 Å². The summed E-state index contributed by atoms with van der Waals surface area (Å²) >= 11 is 0. The van der Waals surface area contributed by atoms with Gasteiger partial charge in [-0.15, -0.1) is 24.0 Å². The molecule has 0 unspecified atom stereocenters.